The summed E-state index contributed by atoms with van der Waals surface area (Å²) >= 11 is 6.34. The Labute approximate surface area is 217 Å². The maximum Gasteiger partial charge on any atom is 0.256 e. The third-order valence-corrected chi connectivity index (χ3v) is 8.82. The van der Waals surface area contributed by atoms with Gasteiger partial charge in [0.05, 0.1) is 16.6 Å². The lowest BCUT2D eigenvalue weighted by Gasteiger charge is -2.40. The summed E-state index contributed by atoms with van der Waals surface area (Å²) in [6.45, 7) is 3.53. The highest BCUT2D eigenvalue weighted by molar-refractivity contribution is 6.34. The highest BCUT2D eigenvalue weighted by Crippen LogP contribution is 2.42. The number of likely N-dealkylation sites (tertiary alicyclic amines) is 1. The van der Waals surface area contributed by atoms with E-state index in [1.165, 1.54) is 16.8 Å². The number of amides is 1. The number of benzene rings is 2. The number of halogens is 1. The molecule has 0 bridgehead atoms. The third-order valence-electron chi connectivity index (χ3n) is 8.50. The number of nitrogens with zero attached hydrogens (tertiary/aromatic N) is 4. The predicted molar refractivity (Wildman–Crippen MR) is 142 cm³/mol. The minimum Gasteiger partial charge on any atom is -0.375 e. The van der Waals surface area contributed by atoms with Crippen LogP contribution in [0, 0.1) is 0 Å². The van der Waals surface area contributed by atoms with Crippen molar-refractivity contribution in [3.05, 3.63) is 81.0 Å². The van der Waals surface area contributed by atoms with Gasteiger partial charge in [-0.15, -0.1) is 0 Å². The van der Waals surface area contributed by atoms with E-state index < -0.39 is 6.23 Å². The summed E-state index contributed by atoms with van der Waals surface area (Å²) < 4.78 is 0. The molecule has 6 rings (SSSR count). The summed E-state index contributed by atoms with van der Waals surface area (Å²) in [5.41, 5.74) is 6.42. The normalized spacial score (nSPS) is 22.7. The quantitative estimate of drug-likeness (QED) is 0.598. The van der Waals surface area contributed by atoms with Gasteiger partial charge in [-0.3, -0.25) is 14.7 Å². The van der Waals surface area contributed by atoms with Crippen LogP contribution in [-0.4, -0.2) is 64.7 Å². The van der Waals surface area contributed by atoms with Gasteiger partial charge in [0.15, 0.2) is 0 Å². The molecule has 0 spiro atoms. The molecule has 1 fully saturated rings. The molecular formula is C29H33ClN4O2. The Balaban J connectivity index is 1.12. The fourth-order valence-electron chi connectivity index (χ4n) is 6.42. The van der Waals surface area contributed by atoms with Crippen LogP contribution >= 0.6 is 11.6 Å². The molecule has 1 aliphatic carbocycles. The molecule has 36 heavy (non-hydrogen) atoms. The number of allylic oxidation sites excluding steroid dienone is 1. The van der Waals surface area contributed by atoms with Gasteiger partial charge in [-0.2, -0.15) is 0 Å². The second kappa shape index (κ2) is 9.66. The second-order valence-electron chi connectivity index (χ2n) is 10.4. The highest BCUT2D eigenvalue weighted by Gasteiger charge is 2.38. The number of carbonyl (C=O) groups is 1. The molecule has 3 heterocycles. The molecule has 2 aromatic carbocycles. The molecule has 4 aliphatic rings. The average Bonchev–Trinajstić information content (AvgIpc) is 3.49. The van der Waals surface area contributed by atoms with E-state index in [-0.39, 0.29) is 11.9 Å². The van der Waals surface area contributed by atoms with Crippen LogP contribution in [-0.2, 0) is 13.0 Å². The van der Waals surface area contributed by atoms with Gasteiger partial charge in [0.2, 0.25) is 0 Å². The number of dihydropyridines is 1. The fourth-order valence-corrected chi connectivity index (χ4v) is 6.70. The van der Waals surface area contributed by atoms with Crippen molar-refractivity contribution in [2.75, 3.05) is 26.7 Å². The smallest absolute Gasteiger partial charge is 0.256 e. The Morgan fingerprint density at radius 2 is 1.94 bits per heavy atom. The number of aryl methyl sites for hydroxylation is 1. The molecule has 1 N–H and O–H groups in total. The summed E-state index contributed by atoms with van der Waals surface area (Å²) in [4.78, 5) is 24.0. The molecule has 2 atom stereocenters. The van der Waals surface area contributed by atoms with E-state index in [2.05, 4.69) is 33.0 Å². The van der Waals surface area contributed by atoms with E-state index in [4.69, 9.17) is 11.6 Å². The van der Waals surface area contributed by atoms with Crippen LogP contribution in [0.2, 0.25) is 5.02 Å². The van der Waals surface area contributed by atoms with Crippen LogP contribution in [0.4, 0.5) is 0 Å². The first-order valence-electron chi connectivity index (χ1n) is 13.1. The van der Waals surface area contributed by atoms with Crippen LogP contribution in [0.15, 0.2) is 53.2 Å². The summed E-state index contributed by atoms with van der Waals surface area (Å²) in [5, 5.41) is 11.8. The van der Waals surface area contributed by atoms with Crippen LogP contribution < -0.4 is 0 Å². The second-order valence-corrected chi connectivity index (χ2v) is 10.8. The average molecular weight is 505 g/mol. The lowest BCUT2D eigenvalue weighted by atomic mass is 9.99. The molecule has 1 saturated heterocycles. The van der Waals surface area contributed by atoms with Gasteiger partial charge in [0, 0.05) is 50.6 Å². The number of carbonyl (C=O) groups excluding carboxylic acids is 1. The van der Waals surface area contributed by atoms with Crippen molar-refractivity contribution >= 4 is 23.7 Å². The first kappa shape index (κ1) is 23.7. The Hall–Kier alpha value is -2.67. The van der Waals surface area contributed by atoms with Gasteiger partial charge < -0.3 is 14.9 Å². The minimum absolute atomic E-state index is 0.0277. The topological polar surface area (TPSA) is 59.4 Å². The maximum absolute atomic E-state index is 13.2. The van der Waals surface area contributed by atoms with Gasteiger partial charge in [-0.05, 0) is 67.1 Å². The Morgan fingerprint density at radius 1 is 1.11 bits per heavy atom. The summed E-state index contributed by atoms with van der Waals surface area (Å²) in [5.74, 6) is 0.0277. The fraction of sp³-hybridized carbons (Fsp3) is 0.448. The number of piperidine rings is 1. The predicted octanol–water partition coefficient (Wildman–Crippen LogP) is 4.73. The van der Waals surface area contributed by atoms with E-state index >= 15 is 0 Å². The van der Waals surface area contributed by atoms with Crippen LogP contribution in [0.1, 0.15) is 70.6 Å². The molecule has 6 nitrogen and oxygen atoms in total. The largest absolute Gasteiger partial charge is 0.375 e. The highest BCUT2D eigenvalue weighted by atomic mass is 35.5. The van der Waals surface area contributed by atoms with Crippen molar-refractivity contribution in [2.45, 2.75) is 57.0 Å². The molecule has 1 unspecified atom stereocenters. The number of fused-ring (bicyclic) bond motifs is 2. The number of aliphatic hydroxyl groups is 1. The lowest BCUT2D eigenvalue weighted by molar-refractivity contribution is -0.0232. The number of rotatable bonds is 5. The van der Waals surface area contributed by atoms with Crippen LogP contribution in [0.5, 0.6) is 0 Å². The van der Waals surface area contributed by atoms with Crippen LogP contribution in [0.25, 0.3) is 0 Å². The van der Waals surface area contributed by atoms with Crippen molar-refractivity contribution in [1.82, 2.24) is 14.7 Å². The number of hydrogen-bond acceptors (Lipinski definition) is 5. The Bertz CT molecular complexity index is 1230. The number of hydrogen-bond donors (Lipinski definition) is 1. The summed E-state index contributed by atoms with van der Waals surface area (Å²) in [6.07, 6.45) is 8.34. The molecule has 0 saturated carbocycles. The molecular weight excluding hydrogens is 472 g/mol. The van der Waals surface area contributed by atoms with Gasteiger partial charge in [-0.25, -0.2) is 0 Å². The van der Waals surface area contributed by atoms with E-state index in [1.54, 1.807) is 6.07 Å². The van der Waals surface area contributed by atoms with Crippen molar-refractivity contribution < 1.29 is 9.90 Å². The maximum atomic E-state index is 13.2. The molecule has 2 aromatic rings. The van der Waals surface area contributed by atoms with Crippen molar-refractivity contribution in [2.24, 2.45) is 4.99 Å². The molecule has 7 heteroatoms. The number of aliphatic imine (C=N–C) groups is 1. The standard InChI is InChI=1S/C29H33ClN4O2/c1-32(22-11-15-33(16-12-22)23-9-13-31-14-10-23)28(35)20-5-7-24-19(17-20)6-8-26(24)34-18-21-3-2-4-25(30)27(21)29(34)36/h2-5,7,9,13,17,22,26,28,35H,6,8,10-12,14-16,18H2,1H3/t26-,28?/m1/s1. The van der Waals surface area contributed by atoms with Crippen LogP contribution in [0.3, 0.4) is 0 Å². The molecule has 3 aliphatic heterocycles. The molecule has 0 aromatic heterocycles. The Morgan fingerprint density at radius 3 is 2.69 bits per heavy atom. The van der Waals surface area contributed by atoms with E-state index in [0.29, 0.717) is 23.2 Å². The summed E-state index contributed by atoms with van der Waals surface area (Å²) in [7, 11) is 2.04. The monoisotopic (exact) mass is 504 g/mol. The van der Waals surface area contributed by atoms with Crippen molar-refractivity contribution in [3.63, 3.8) is 0 Å². The van der Waals surface area contributed by atoms with Crippen molar-refractivity contribution in [1.29, 1.82) is 0 Å². The lowest BCUT2D eigenvalue weighted by Crippen LogP contribution is -2.44. The zero-order valence-corrected chi connectivity index (χ0v) is 21.5. The van der Waals surface area contributed by atoms with Gasteiger partial charge in [-0.1, -0.05) is 41.9 Å². The van der Waals surface area contributed by atoms with E-state index in [9.17, 15) is 9.90 Å². The van der Waals surface area contributed by atoms with E-state index in [1.807, 2.05) is 36.4 Å². The molecule has 188 valence electrons. The zero-order valence-electron chi connectivity index (χ0n) is 20.7. The molecule has 1 amide bonds. The SMILES string of the molecule is CN(C1CCN(C2=CC=NCC2)CC1)C(O)c1ccc2c(c1)CC[C@H]2N1Cc2cccc(Cl)c2C1=O. The Kier molecular flexibility index (Phi) is 6.36. The third kappa shape index (κ3) is 4.15. The van der Waals surface area contributed by atoms with Gasteiger partial charge in [0.25, 0.3) is 5.91 Å². The van der Waals surface area contributed by atoms with Gasteiger partial charge in [0.1, 0.15) is 6.23 Å². The molecule has 0 radical (unpaired) electrons. The first-order valence-corrected chi connectivity index (χ1v) is 13.4. The first-order chi connectivity index (χ1) is 17.5. The number of aliphatic hydroxyl groups excluding tert-OH is 1. The van der Waals surface area contributed by atoms with Crippen molar-refractivity contribution in [3.8, 4) is 0 Å². The van der Waals surface area contributed by atoms with E-state index in [0.717, 1.165) is 62.9 Å². The minimum atomic E-state index is -0.636. The van der Waals surface area contributed by atoms with Gasteiger partial charge >= 0.3 is 0 Å². The zero-order chi connectivity index (χ0) is 24.8. The summed E-state index contributed by atoms with van der Waals surface area (Å²) in [6, 6.07) is 12.4.